The molecule has 2 amide bonds. The summed E-state index contributed by atoms with van der Waals surface area (Å²) in [6.45, 7) is 1.42. The van der Waals surface area contributed by atoms with Crippen LogP contribution in [0.2, 0.25) is 0 Å². The number of imide groups is 1. The van der Waals surface area contributed by atoms with Gasteiger partial charge in [-0.3, -0.25) is 19.5 Å². The highest BCUT2D eigenvalue weighted by molar-refractivity contribution is 7.99. The maximum Gasteiger partial charge on any atom is 0.274 e. The first-order valence-electron chi connectivity index (χ1n) is 9.29. The van der Waals surface area contributed by atoms with Gasteiger partial charge in [-0.2, -0.15) is 0 Å². The summed E-state index contributed by atoms with van der Waals surface area (Å²) < 4.78 is 9.46. The lowest BCUT2D eigenvalue weighted by Crippen LogP contribution is -2.33. The molecule has 0 spiro atoms. The number of thiophene rings is 1. The van der Waals surface area contributed by atoms with Crippen LogP contribution < -0.4 is 5.32 Å². The Balaban J connectivity index is 1.44. The van der Waals surface area contributed by atoms with Gasteiger partial charge in [-0.15, -0.1) is 21.5 Å². The van der Waals surface area contributed by atoms with E-state index in [1.807, 2.05) is 22.1 Å². The average molecular weight is 432 g/mol. The molecule has 1 aliphatic heterocycles. The second kappa shape index (κ2) is 8.93. The highest BCUT2D eigenvalue weighted by Crippen LogP contribution is 2.29. The van der Waals surface area contributed by atoms with E-state index in [2.05, 4.69) is 15.5 Å². The summed E-state index contributed by atoms with van der Waals surface area (Å²) >= 11 is 2.86. The van der Waals surface area contributed by atoms with Gasteiger partial charge in [0.1, 0.15) is 5.69 Å². The smallest absolute Gasteiger partial charge is 0.274 e. The molecule has 0 aliphatic carbocycles. The highest BCUT2D eigenvalue weighted by atomic mass is 32.2. The van der Waals surface area contributed by atoms with Gasteiger partial charge < -0.3 is 9.30 Å². The molecule has 1 N–H and O–H groups in total. The molecule has 152 valence electrons. The van der Waals surface area contributed by atoms with Crippen molar-refractivity contribution in [2.45, 2.75) is 30.6 Å². The molecule has 0 saturated carbocycles. The third-order valence-electron chi connectivity index (χ3n) is 4.63. The Kier molecular flexibility index (Phi) is 6.12. The van der Waals surface area contributed by atoms with Crippen LogP contribution in [0.5, 0.6) is 0 Å². The minimum atomic E-state index is -0.414. The zero-order valence-corrected chi connectivity index (χ0v) is 17.5. The van der Waals surface area contributed by atoms with Gasteiger partial charge in [0.05, 0.1) is 23.3 Å². The molecule has 4 rings (SSSR count). The molecule has 1 aliphatic rings. The van der Waals surface area contributed by atoms with Crippen LogP contribution in [0.15, 0.2) is 41.0 Å². The quantitative estimate of drug-likeness (QED) is 0.578. The van der Waals surface area contributed by atoms with Crippen LogP contribution in [-0.2, 0) is 23.1 Å². The van der Waals surface area contributed by atoms with E-state index in [0.29, 0.717) is 17.4 Å². The Hall–Kier alpha value is -2.43. The van der Waals surface area contributed by atoms with E-state index in [1.54, 1.807) is 41.3 Å². The molecule has 1 unspecified atom stereocenters. The van der Waals surface area contributed by atoms with Crippen molar-refractivity contribution in [1.29, 1.82) is 0 Å². The number of nitrogens with one attached hydrogen (secondary N) is 1. The van der Waals surface area contributed by atoms with Crippen molar-refractivity contribution in [3.8, 4) is 10.7 Å². The molecule has 10 heteroatoms. The fourth-order valence-corrected chi connectivity index (χ4v) is 4.66. The first-order chi connectivity index (χ1) is 14.1. The number of carbonyl (C=O) groups excluding carboxylic acids is 2. The number of carbonyl (C=O) groups is 2. The van der Waals surface area contributed by atoms with Crippen LogP contribution in [-0.4, -0.2) is 49.6 Å². The molecule has 8 nitrogen and oxygen atoms in total. The fraction of sp³-hybridized carbons (Fsp3) is 0.368. The monoisotopic (exact) mass is 431 g/mol. The Labute approximate surface area is 176 Å². The van der Waals surface area contributed by atoms with Crippen molar-refractivity contribution in [3.05, 3.63) is 41.5 Å². The van der Waals surface area contributed by atoms with Crippen LogP contribution in [0.25, 0.3) is 10.7 Å². The number of hydrogen-bond acceptors (Lipinski definition) is 7. The predicted molar refractivity (Wildman–Crippen MR) is 111 cm³/mol. The van der Waals surface area contributed by atoms with Crippen LogP contribution in [0.4, 0.5) is 0 Å². The summed E-state index contributed by atoms with van der Waals surface area (Å²) in [4.78, 5) is 25.5. The number of rotatable bonds is 7. The number of hydrogen-bond donors (Lipinski definition) is 1. The van der Waals surface area contributed by atoms with Gasteiger partial charge in [-0.05, 0) is 36.4 Å². The van der Waals surface area contributed by atoms with Gasteiger partial charge in [-0.1, -0.05) is 17.8 Å². The molecule has 4 heterocycles. The number of aryl methyl sites for hydroxylation is 1. The molecule has 1 atom stereocenters. The van der Waals surface area contributed by atoms with Crippen molar-refractivity contribution in [2.24, 2.45) is 7.05 Å². The summed E-state index contributed by atoms with van der Waals surface area (Å²) in [5.41, 5.74) is 0.435. The summed E-state index contributed by atoms with van der Waals surface area (Å²) in [7, 11) is 1.76. The topological polar surface area (TPSA) is 91.0 Å². The minimum absolute atomic E-state index is 0.0737. The van der Waals surface area contributed by atoms with Crippen LogP contribution in [0.1, 0.15) is 23.3 Å². The maximum atomic E-state index is 12.3. The fourth-order valence-electron chi connectivity index (χ4n) is 3.19. The summed E-state index contributed by atoms with van der Waals surface area (Å²) in [6, 6.07) is 7.40. The standard InChI is InChI=1S/C19H21N5O3S2/c1-23-8-2-6-14(23)18(26)20-16(25)12-29-19-22-21-17(15-7-4-10-28-15)24(19)11-13-5-3-9-27-13/h2,4,6-8,10,13H,3,5,9,11-12H2,1H3,(H,20,25,26). The molecule has 0 bridgehead atoms. The molecule has 3 aromatic heterocycles. The Morgan fingerprint density at radius 2 is 2.24 bits per heavy atom. The summed E-state index contributed by atoms with van der Waals surface area (Å²) in [5, 5.41) is 13.7. The molecule has 1 saturated heterocycles. The lowest BCUT2D eigenvalue weighted by Gasteiger charge is -2.14. The van der Waals surface area contributed by atoms with E-state index in [0.717, 1.165) is 30.2 Å². The zero-order valence-electron chi connectivity index (χ0n) is 15.9. The number of thioether (sulfide) groups is 1. The van der Waals surface area contributed by atoms with Gasteiger partial charge in [0.2, 0.25) is 5.91 Å². The molecule has 0 radical (unpaired) electrons. The molecule has 0 aromatic carbocycles. The second-order valence-corrected chi connectivity index (χ2v) is 8.59. The van der Waals surface area contributed by atoms with E-state index in [1.165, 1.54) is 11.8 Å². The van der Waals surface area contributed by atoms with E-state index >= 15 is 0 Å². The van der Waals surface area contributed by atoms with Crippen molar-refractivity contribution < 1.29 is 14.3 Å². The van der Waals surface area contributed by atoms with E-state index in [-0.39, 0.29) is 17.8 Å². The lowest BCUT2D eigenvalue weighted by molar-refractivity contribution is -0.117. The number of aromatic nitrogens is 4. The van der Waals surface area contributed by atoms with Gasteiger partial charge in [0.15, 0.2) is 11.0 Å². The third-order valence-corrected chi connectivity index (χ3v) is 6.46. The highest BCUT2D eigenvalue weighted by Gasteiger charge is 2.23. The van der Waals surface area contributed by atoms with E-state index < -0.39 is 5.91 Å². The Morgan fingerprint density at radius 3 is 2.93 bits per heavy atom. The van der Waals surface area contributed by atoms with E-state index in [4.69, 9.17) is 4.74 Å². The Morgan fingerprint density at radius 1 is 1.34 bits per heavy atom. The SMILES string of the molecule is Cn1cccc1C(=O)NC(=O)CSc1nnc(-c2cccs2)n1CC1CCCO1. The first kappa shape index (κ1) is 19.9. The van der Waals surface area contributed by atoms with Gasteiger partial charge >= 0.3 is 0 Å². The van der Waals surface area contributed by atoms with Crippen molar-refractivity contribution in [1.82, 2.24) is 24.6 Å². The number of amides is 2. The molecule has 3 aromatic rings. The lowest BCUT2D eigenvalue weighted by atomic mass is 10.2. The summed E-state index contributed by atoms with van der Waals surface area (Å²) in [6.07, 6.45) is 3.93. The maximum absolute atomic E-state index is 12.3. The molecule has 29 heavy (non-hydrogen) atoms. The molecular formula is C19H21N5O3S2. The number of ether oxygens (including phenoxy) is 1. The van der Waals surface area contributed by atoms with Gasteiger partial charge in [0.25, 0.3) is 5.91 Å². The largest absolute Gasteiger partial charge is 0.376 e. The van der Waals surface area contributed by atoms with E-state index in [9.17, 15) is 9.59 Å². The van der Waals surface area contributed by atoms with Crippen LogP contribution in [0, 0.1) is 0 Å². The van der Waals surface area contributed by atoms with Crippen molar-refractivity contribution in [2.75, 3.05) is 12.4 Å². The van der Waals surface area contributed by atoms with Crippen molar-refractivity contribution in [3.63, 3.8) is 0 Å². The van der Waals surface area contributed by atoms with Gasteiger partial charge in [0, 0.05) is 19.9 Å². The van der Waals surface area contributed by atoms with Gasteiger partial charge in [-0.25, -0.2) is 0 Å². The normalized spacial score (nSPS) is 16.2. The third kappa shape index (κ3) is 4.60. The number of nitrogens with zero attached hydrogens (tertiary/aromatic N) is 4. The molecular weight excluding hydrogens is 410 g/mol. The zero-order chi connectivity index (χ0) is 20.2. The first-order valence-corrected chi connectivity index (χ1v) is 11.2. The predicted octanol–water partition coefficient (Wildman–Crippen LogP) is 2.57. The molecule has 1 fully saturated rings. The van der Waals surface area contributed by atoms with Crippen LogP contribution in [0.3, 0.4) is 0 Å². The van der Waals surface area contributed by atoms with Crippen LogP contribution >= 0.6 is 23.1 Å². The van der Waals surface area contributed by atoms with Crippen molar-refractivity contribution >= 4 is 34.9 Å². The second-order valence-electron chi connectivity index (χ2n) is 6.70. The summed E-state index contributed by atoms with van der Waals surface area (Å²) in [5.74, 6) is 0.0663. The average Bonchev–Trinajstić information content (AvgIpc) is 3.49. The minimum Gasteiger partial charge on any atom is -0.376 e. The Bertz CT molecular complexity index is 990.